The lowest BCUT2D eigenvalue weighted by Gasteiger charge is -2.20. The van der Waals surface area contributed by atoms with E-state index in [9.17, 15) is 19.8 Å². The van der Waals surface area contributed by atoms with Gasteiger partial charge in [-0.2, -0.15) is 0 Å². The van der Waals surface area contributed by atoms with Crippen molar-refractivity contribution in [1.82, 2.24) is 5.32 Å². The molecule has 526 valence electrons. The summed E-state index contributed by atoms with van der Waals surface area (Å²) in [6.07, 6.45) is 103. The third-order valence-electron chi connectivity index (χ3n) is 19.2. The van der Waals surface area contributed by atoms with Gasteiger partial charge in [0.15, 0.2) is 0 Å². The quantitative estimate of drug-likeness (QED) is 0.0320. The van der Waals surface area contributed by atoms with E-state index in [1.165, 1.54) is 385 Å². The zero-order chi connectivity index (χ0) is 64.2. The van der Waals surface area contributed by atoms with E-state index in [1.54, 1.807) is 6.08 Å². The minimum Gasteiger partial charge on any atom is -0.466 e. The van der Waals surface area contributed by atoms with Crippen molar-refractivity contribution < 1.29 is 24.5 Å². The lowest BCUT2D eigenvalue weighted by atomic mass is 10.0. The minimum absolute atomic E-state index is 0.0188. The third kappa shape index (κ3) is 75.0. The Morgan fingerprint density at radius 2 is 0.562 bits per heavy atom. The molecule has 1 amide bonds. The van der Waals surface area contributed by atoms with Crippen molar-refractivity contribution in [3.8, 4) is 0 Å². The second kappa shape index (κ2) is 78.5. The van der Waals surface area contributed by atoms with Crippen molar-refractivity contribution in [1.29, 1.82) is 0 Å². The van der Waals surface area contributed by atoms with E-state index >= 15 is 0 Å². The molecule has 89 heavy (non-hydrogen) atoms. The number of carbonyl (C=O) groups excluding carboxylic acids is 2. The summed E-state index contributed by atoms with van der Waals surface area (Å²) in [7, 11) is 0. The van der Waals surface area contributed by atoms with Crippen LogP contribution in [0.15, 0.2) is 36.5 Å². The van der Waals surface area contributed by atoms with Crippen LogP contribution in [0.5, 0.6) is 0 Å². The molecular formula is C83H159NO5. The van der Waals surface area contributed by atoms with Gasteiger partial charge in [0, 0.05) is 12.8 Å². The molecular weight excluding hydrogens is 1090 g/mol. The average Bonchev–Trinajstić information content (AvgIpc) is 3.60. The van der Waals surface area contributed by atoms with E-state index < -0.39 is 12.1 Å². The number of hydrogen-bond donors (Lipinski definition) is 3. The summed E-state index contributed by atoms with van der Waals surface area (Å²) in [5.41, 5.74) is 0. The molecule has 2 atom stereocenters. The number of hydrogen-bond acceptors (Lipinski definition) is 5. The topological polar surface area (TPSA) is 95.9 Å². The summed E-state index contributed by atoms with van der Waals surface area (Å²) in [6.45, 7) is 4.96. The fraction of sp³-hybridized carbons (Fsp3) is 0.904. The fourth-order valence-electron chi connectivity index (χ4n) is 13.0. The molecule has 0 spiro atoms. The summed E-state index contributed by atoms with van der Waals surface area (Å²) < 4.78 is 5.51. The lowest BCUT2D eigenvalue weighted by molar-refractivity contribution is -0.143. The van der Waals surface area contributed by atoms with Crippen LogP contribution in [0.25, 0.3) is 0 Å². The average molecular weight is 1250 g/mol. The first kappa shape index (κ1) is 87.1. The van der Waals surface area contributed by atoms with Crippen LogP contribution in [-0.4, -0.2) is 47.4 Å². The summed E-state index contributed by atoms with van der Waals surface area (Å²) in [5.74, 6) is -0.0426. The summed E-state index contributed by atoms with van der Waals surface area (Å²) in [6, 6.07) is -0.628. The number of amides is 1. The number of carbonyl (C=O) groups is 2. The molecule has 0 saturated carbocycles. The van der Waals surface area contributed by atoms with Crippen molar-refractivity contribution in [2.24, 2.45) is 0 Å². The predicted octanol–water partition coefficient (Wildman–Crippen LogP) is 27.0. The van der Waals surface area contributed by atoms with E-state index in [2.05, 4.69) is 43.5 Å². The molecule has 0 aliphatic heterocycles. The van der Waals surface area contributed by atoms with Gasteiger partial charge in [-0.25, -0.2) is 0 Å². The molecule has 6 nitrogen and oxygen atoms in total. The SMILES string of the molecule is CCCCCCCCCCCCCCCCCCCCCC/C=C/C(O)C(CO)NC(=O)CCCCCCCCCCCCCCCCCCC/C=C\C/C=C\CCCCCCCCCCCOC(=O)CCCCCCCCCCCCCCCCCCC. The van der Waals surface area contributed by atoms with Crippen LogP contribution in [0.2, 0.25) is 0 Å². The number of esters is 1. The zero-order valence-electron chi connectivity index (χ0n) is 60.4. The number of nitrogens with one attached hydrogen (secondary N) is 1. The van der Waals surface area contributed by atoms with E-state index in [0.29, 0.717) is 19.4 Å². The fourth-order valence-corrected chi connectivity index (χ4v) is 13.0. The van der Waals surface area contributed by atoms with E-state index in [-0.39, 0.29) is 18.5 Å². The summed E-state index contributed by atoms with van der Waals surface area (Å²) in [4.78, 5) is 24.7. The lowest BCUT2D eigenvalue weighted by Crippen LogP contribution is -2.45. The molecule has 0 fully saturated rings. The standard InChI is InChI=1S/C83H159NO5/c1-3-5-7-9-11-13-15-17-19-21-22-23-37-40-44-47-51-55-59-63-67-71-75-81(86)80(79-85)84-82(87)76-72-68-64-60-56-52-48-45-41-38-35-33-31-29-27-25-24-26-28-30-32-34-36-39-42-46-50-54-58-62-66-70-74-78-89-83(88)77-73-69-65-61-57-53-49-43-20-18-16-14-12-10-8-6-4-2/h28,30,34,36,71,75,80-81,85-86H,3-27,29,31-33,35,37-70,72-74,76-79H2,1-2H3,(H,84,87)/b30-28-,36-34-,75-71+. The highest BCUT2D eigenvalue weighted by Gasteiger charge is 2.18. The van der Waals surface area contributed by atoms with Crippen molar-refractivity contribution in [2.45, 2.75) is 469 Å². The molecule has 0 rings (SSSR count). The summed E-state index contributed by atoms with van der Waals surface area (Å²) >= 11 is 0. The molecule has 0 aliphatic rings. The molecule has 0 saturated heterocycles. The number of ether oxygens (including phenoxy) is 1. The molecule has 0 aromatic heterocycles. The Balaban J connectivity index is 3.39. The van der Waals surface area contributed by atoms with Crippen LogP contribution in [0.3, 0.4) is 0 Å². The smallest absolute Gasteiger partial charge is 0.305 e. The van der Waals surface area contributed by atoms with Gasteiger partial charge in [0.2, 0.25) is 5.91 Å². The van der Waals surface area contributed by atoms with Crippen LogP contribution in [0.4, 0.5) is 0 Å². The van der Waals surface area contributed by atoms with Gasteiger partial charge < -0.3 is 20.3 Å². The predicted molar refractivity (Wildman–Crippen MR) is 393 cm³/mol. The molecule has 0 bridgehead atoms. The first-order valence-electron chi connectivity index (χ1n) is 40.8. The molecule has 0 aromatic rings. The Kier molecular flexibility index (Phi) is 76.8. The Bertz CT molecular complexity index is 1440. The highest BCUT2D eigenvalue weighted by molar-refractivity contribution is 5.76. The van der Waals surface area contributed by atoms with Gasteiger partial charge in [0.25, 0.3) is 0 Å². The number of rotatable bonds is 77. The maximum absolute atomic E-state index is 12.5. The molecule has 3 N–H and O–H groups in total. The Morgan fingerprint density at radius 3 is 0.854 bits per heavy atom. The van der Waals surface area contributed by atoms with Crippen molar-refractivity contribution >= 4 is 11.9 Å². The van der Waals surface area contributed by atoms with Gasteiger partial charge in [-0.3, -0.25) is 9.59 Å². The van der Waals surface area contributed by atoms with Gasteiger partial charge in [-0.15, -0.1) is 0 Å². The number of allylic oxidation sites excluding steroid dienone is 5. The van der Waals surface area contributed by atoms with Crippen molar-refractivity contribution in [3.05, 3.63) is 36.5 Å². The number of aliphatic hydroxyl groups is 2. The second-order valence-electron chi connectivity index (χ2n) is 28.1. The summed E-state index contributed by atoms with van der Waals surface area (Å²) in [5, 5.41) is 23.3. The van der Waals surface area contributed by atoms with Gasteiger partial charge >= 0.3 is 5.97 Å². The Hall–Kier alpha value is -1.92. The van der Waals surface area contributed by atoms with Gasteiger partial charge in [-0.05, 0) is 64.2 Å². The number of aliphatic hydroxyl groups excluding tert-OH is 2. The molecule has 6 heteroatoms. The van der Waals surface area contributed by atoms with Crippen LogP contribution < -0.4 is 5.32 Å². The molecule has 2 unspecified atom stereocenters. The normalized spacial score (nSPS) is 12.6. The van der Waals surface area contributed by atoms with Crippen LogP contribution in [0, 0.1) is 0 Å². The van der Waals surface area contributed by atoms with E-state index in [4.69, 9.17) is 4.74 Å². The maximum Gasteiger partial charge on any atom is 0.305 e. The van der Waals surface area contributed by atoms with Gasteiger partial charge in [-0.1, -0.05) is 416 Å². The third-order valence-corrected chi connectivity index (χ3v) is 19.2. The molecule has 0 heterocycles. The van der Waals surface area contributed by atoms with E-state index in [0.717, 1.165) is 44.9 Å². The largest absolute Gasteiger partial charge is 0.466 e. The molecule has 0 aliphatic carbocycles. The van der Waals surface area contributed by atoms with Gasteiger partial charge in [0.1, 0.15) is 0 Å². The first-order chi connectivity index (χ1) is 44.0. The first-order valence-corrected chi connectivity index (χ1v) is 40.8. The highest BCUT2D eigenvalue weighted by atomic mass is 16.5. The number of unbranched alkanes of at least 4 members (excludes halogenated alkanes) is 62. The molecule has 0 aromatic carbocycles. The van der Waals surface area contributed by atoms with Crippen LogP contribution >= 0.6 is 0 Å². The van der Waals surface area contributed by atoms with Crippen LogP contribution in [0.1, 0.15) is 457 Å². The van der Waals surface area contributed by atoms with Crippen molar-refractivity contribution in [3.63, 3.8) is 0 Å². The van der Waals surface area contributed by atoms with Crippen LogP contribution in [-0.2, 0) is 14.3 Å². The monoisotopic (exact) mass is 1250 g/mol. The maximum atomic E-state index is 12.5. The Morgan fingerprint density at radius 1 is 0.315 bits per heavy atom. The van der Waals surface area contributed by atoms with E-state index in [1.807, 2.05) is 6.08 Å². The molecule has 0 radical (unpaired) electrons. The minimum atomic E-state index is -0.845. The zero-order valence-corrected chi connectivity index (χ0v) is 60.4. The second-order valence-corrected chi connectivity index (χ2v) is 28.1. The van der Waals surface area contributed by atoms with Crippen molar-refractivity contribution in [2.75, 3.05) is 13.2 Å². The van der Waals surface area contributed by atoms with Gasteiger partial charge in [0.05, 0.1) is 25.4 Å². The highest BCUT2D eigenvalue weighted by Crippen LogP contribution is 2.20. The Labute approximate surface area is 557 Å².